The molecule has 2 saturated heterocycles. The molecule has 380 valence electrons. The molecule has 0 aromatic heterocycles. The van der Waals surface area contributed by atoms with Crippen LogP contribution in [-0.4, -0.2) is 149 Å². The average Bonchev–Trinajstić information content (AvgIpc) is 3.33. The summed E-state index contributed by atoms with van der Waals surface area (Å²) in [6, 6.07) is 21.9. The van der Waals surface area contributed by atoms with Gasteiger partial charge in [0.2, 0.25) is 12.6 Å². The Labute approximate surface area is 404 Å². The van der Waals surface area contributed by atoms with Crippen molar-refractivity contribution in [2.75, 3.05) is 19.8 Å². The first-order valence-electron chi connectivity index (χ1n) is 22.3. The third-order valence-electron chi connectivity index (χ3n) is 10.3. The van der Waals surface area contributed by atoms with Gasteiger partial charge in [-0.05, 0) is 83.6 Å². The minimum Gasteiger partial charge on any atom is -0.508 e. The van der Waals surface area contributed by atoms with Crippen molar-refractivity contribution in [3.05, 3.63) is 120 Å². The first-order chi connectivity index (χ1) is 33.4. The Bertz CT molecular complexity index is 2300. The average molecular weight is 979 g/mol. The first kappa shape index (κ1) is 56.1. The maximum Gasteiger partial charge on any atom is 0.306 e. The van der Waals surface area contributed by atoms with Crippen LogP contribution in [0.2, 0.25) is 0 Å². The molecule has 10 unspecified atom stereocenters. The zero-order chi connectivity index (χ0) is 51.3. The lowest BCUT2D eigenvalue weighted by Gasteiger charge is -2.39. The Balaban J connectivity index is 0.000000262. The van der Waals surface area contributed by atoms with Gasteiger partial charge in [-0.25, -0.2) is 0 Å². The molecule has 2 aliphatic heterocycles. The number of hydrogen-bond acceptors (Lipinski definition) is 19. The first-order valence-corrected chi connectivity index (χ1v) is 22.3. The molecule has 19 heteroatoms. The number of rotatable bonds is 17. The van der Waals surface area contributed by atoms with Crippen LogP contribution in [0.4, 0.5) is 0 Å². The van der Waals surface area contributed by atoms with Crippen molar-refractivity contribution in [3.63, 3.8) is 0 Å². The lowest BCUT2D eigenvalue weighted by Crippen LogP contribution is -2.60. The molecule has 0 spiro atoms. The number of carbonyl (C=O) groups is 2. The Hall–Kier alpha value is -6.52. The standard InChI is InChI=1S/C24H28O9.C20H22O8.C7H12O2/c1-2-3-20(27)31-13-19-21(28)22(29)23(30)24(33-19)32-18-11-15(10-17(26)12-18)5-4-14-6-8-16(25)9-7-14;21-10-16-17(24)18(25)19(26)20(28-16)27-15-8-12(7-14(23)9-15)2-1-11-3-5-13(22)6-4-11;1-3-5-7(8)9-6-4-2/h4-12,19,21-26,28-30H,2-3,13H2,1H3;1-9,16-26H,10H2;4H,2-3,5-6H2,1H3/b5-4+;2-1+;. The van der Waals surface area contributed by atoms with E-state index in [0.717, 1.165) is 17.5 Å². The van der Waals surface area contributed by atoms with E-state index in [2.05, 4.69) is 11.3 Å². The highest BCUT2D eigenvalue weighted by Gasteiger charge is 2.46. The van der Waals surface area contributed by atoms with Crippen LogP contribution < -0.4 is 9.47 Å². The van der Waals surface area contributed by atoms with Crippen LogP contribution in [0.1, 0.15) is 61.8 Å². The van der Waals surface area contributed by atoms with Crippen molar-refractivity contribution in [2.45, 2.75) is 101 Å². The van der Waals surface area contributed by atoms with Crippen molar-refractivity contribution in [1.82, 2.24) is 0 Å². The Kier molecular flexibility index (Phi) is 22.6. The van der Waals surface area contributed by atoms with E-state index in [9.17, 15) is 65.8 Å². The largest absolute Gasteiger partial charge is 0.508 e. The van der Waals surface area contributed by atoms with Gasteiger partial charge in [-0.2, -0.15) is 0 Å². The molecule has 70 heavy (non-hydrogen) atoms. The fourth-order valence-corrected chi connectivity index (χ4v) is 6.56. The van der Waals surface area contributed by atoms with E-state index in [-0.39, 0.29) is 53.5 Å². The maximum atomic E-state index is 11.6. The number of benzene rings is 4. The molecule has 6 rings (SSSR count). The van der Waals surface area contributed by atoms with Gasteiger partial charge < -0.3 is 84.6 Å². The fourth-order valence-electron chi connectivity index (χ4n) is 6.56. The van der Waals surface area contributed by atoms with E-state index in [0.29, 0.717) is 30.6 Å². The zero-order valence-electron chi connectivity index (χ0n) is 38.6. The smallest absolute Gasteiger partial charge is 0.306 e. The molecule has 10 atom stereocenters. The molecule has 4 aromatic carbocycles. The molecule has 19 nitrogen and oxygen atoms in total. The van der Waals surface area contributed by atoms with Crippen molar-refractivity contribution >= 4 is 36.2 Å². The summed E-state index contributed by atoms with van der Waals surface area (Å²) in [5.41, 5.74) is 2.82. The summed E-state index contributed by atoms with van der Waals surface area (Å²) < 4.78 is 31.8. The number of ether oxygens (including phenoxy) is 6. The van der Waals surface area contributed by atoms with Crippen LogP contribution >= 0.6 is 0 Å². The van der Waals surface area contributed by atoms with Crippen LogP contribution in [-0.2, 0) is 28.5 Å². The number of aliphatic hydroxyl groups excluding tert-OH is 7. The summed E-state index contributed by atoms with van der Waals surface area (Å²) in [5.74, 6) is -0.186. The van der Waals surface area contributed by atoms with Crippen molar-refractivity contribution in [2.24, 2.45) is 0 Å². The van der Waals surface area contributed by atoms with E-state index in [1.165, 1.54) is 24.3 Å². The molecule has 0 amide bonds. The van der Waals surface area contributed by atoms with Gasteiger partial charge >= 0.3 is 11.9 Å². The van der Waals surface area contributed by atoms with Gasteiger partial charge in [0.15, 0.2) is 0 Å². The maximum absolute atomic E-state index is 11.6. The summed E-state index contributed by atoms with van der Waals surface area (Å²) in [6.07, 6.45) is -3.47. The molecule has 0 aliphatic carbocycles. The third kappa shape index (κ3) is 17.8. The van der Waals surface area contributed by atoms with E-state index >= 15 is 0 Å². The van der Waals surface area contributed by atoms with Crippen molar-refractivity contribution in [3.8, 4) is 34.5 Å². The molecule has 2 aliphatic rings. The number of carbonyl (C=O) groups excluding carboxylic acids is 2. The third-order valence-corrected chi connectivity index (χ3v) is 10.3. The predicted molar refractivity (Wildman–Crippen MR) is 254 cm³/mol. The molecule has 0 bridgehead atoms. The predicted octanol–water partition coefficient (Wildman–Crippen LogP) is 3.76. The Morgan fingerprint density at radius 3 is 1.34 bits per heavy atom. The summed E-state index contributed by atoms with van der Waals surface area (Å²) in [6.45, 7) is 6.63. The van der Waals surface area contributed by atoms with Gasteiger partial charge in [0, 0.05) is 25.0 Å². The van der Waals surface area contributed by atoms with Crippen LogP contribution in [0.15, 0.2) is 97.6 Å². The monoisotopic (exact) mass is 978 g/mol. The number of phenolic OH excluding ortho intramolecular Hbond substituents is 4. The molecule has 2 heterocycles. The van der Waals surface area contributed by atoms with Crippen molar-refractivity contribution < 1.29 is 94.2 Å². The Morgan fingerprint density at radius 1 is 0.529 bits per heavy atom. The molecule has 2 fully saturated rings. The number of aliphatic hydroxyl groups is 7. The molecule has 0 radical (unpaired) electrons. The van der Waals surface area contributed by atoms with Crippen LogP contribution in [0.5, 0.6) is 34.5 Å². The SMILES string of the molecule is C=CCOC(=O)CCC.CCCC(=O)OCC1OC(Oc2cc(O)cc(/C=C/c3ccc(O)cc3)c2)C(O)C(O)C1O.OCC1OC(Oc2cc(O)cc(/C=C/c3ccc(O)cc3)c2)C(O)C(O)C1O. The molecule has 11 N–H and O–H groups in total. The topological polar surface area (TPSA) is 312 Å². The molecular formula is C51H62O19. The normalized spacial score (nSPS) is 24.1. The van der Waals surface area contributed by atoms with E-state index < -0.39 is 74.0 Å². The highest BCUT2D eigenvalue weighted by Crippen LogP contribution is 2.31. The molecule has 0 saturated carbocycles. The zero-order valence-corrected chi connectivity index (χ0v) is 38.6. The van der Waals surface area contributed by atoms with Gasteiger partial charge in [-0.1, -0.05) is 75.1 Å². The lowest BCUT2D eigenvalue weighted by molar-refractivity contribution is -0.278. The second kappa shape index (κ2) is 28.2. The molecule has 4 aromatic rings. The highest BCUT2D eigenvalue weighted by molar-refractivity contribution is 5.72. The number of esters is 2. The molecular weight excluding hydrogens is 917 g/mol. The van der Waals surface area contributed by atoms with Gasteiger partial charge in [-0.15, -0.1) is 0 Å². The van der Waals surface area contributed by atoms with Gasteiger partial charge in [0.05, 0.1) is 6.61 Å². The fraction of sp³-hybridized carbons (Fsp3) is 0.373. The minimum atomic E-state index is -1.59. The van der Waals surface area contributed by atoms with Crippen LogP contribution in [0.3, 0.4) is 0 Å². The minimum absolute atomic E-state index is 0.0903. The number of aromatic hydroxyl groups is 4. The Morgan fingerprint density at radius 2 is 0.929 bits per heavy atom. The highest BCUT2D eigenvalue weighted by atomic mass is 16.7. The summed E-state index contributed by atoms with van der Waals surface area (Å²) in [7, 11) is 0. The summed E-state index contributed by atoms with van der Waals surface area (Å²) >= 11 is 0. The number of phenols is 4. The summed E-state index contributed by atoms with van der Waals surface area (Å²) in [4.78, 5) is 22.1. The van der Waals surface area contributed by atoms with E-state index in [4.69, 9.17) is 23.7 Å². The van der Waals surface area contributed by atoms with Crippen LogP contribution in [0.25, 0.3) is 24.3 Å². The second-order valence-corrected chi connectivity index (χ2v) is 16.0. The van der Waals surface area contributed by atoms with Crippen molar-refractivity contribution in [1.29, 1.82) is 0 Å². The van der Waals surface area contributed by atoms with E-state index in [1.807, 2.05) is 13.8 Å². The van der Waals surface area contributed by atoms with Gasteiger partial charge in [0.25, 0.3) is 0 Å². The second-order valence-electron chi connectivity index (χ2n) is 16.0. The van der Waals surface area contributed by atoms with Gasteiger partial charge in [0.1, 0.15) is 96.5 Å². The lowest BCUT2D eigenvalue weighted by atomic mass is 9.99. The van der Waals surface area contributed by atoms with E-state index in [1.54, 1.807) is 91.0 Å². The number of hydrogen-bond donors (Lipinski definition) is 11. The quantitative estimate of drug-likeness (QED) is 0.0408. The summed E-state index contributed by atoms with van der Waals surface area (Å²) in [5, 5.41) is 108. The van der Waals surface area contributed by atoms with Crippen LogP contribution in [0, 0.1) is 0 Å². The van der Waals surface area contributed by atoms with Gasteiger partial charge in [-0.3, -0.25) is 9.59 Å².